The highest BCUT2D eigenvalue weighted by atomic mass is 16.5. The van der Waals surface area contributed by atoms with Crippen molar-refractivity contribution in [2.75, 3.05) is 13.2 Å². The maximum atomic E-state index is 5.81. The van der Waals surface area contributed by atoms with Crippen LogP contribution in [-0.2, 0) is 4.74 Å². The third-order valence-corrected chi connectivity index (χ3v) is 5.13. The van der Waals surface area contributed by atoms with Crippen LogP contribution in [0.1, 0.15) is 66.1 Å². The van der Waals surface area contributed by atoms with Crippen molar-refractivity contribution in [2.45, 2.75) is 64.7 Å². The minimum atomic E-state index is 0. The van der Waals surface area contributed by atoms with Crippen LogP contribution in [0, 0.1) is 11.3 Å². The second kappa shape index (κ2) is 9.07. The molecule has 0 saturated heterocycles. The molecule has 2 aliphatic rings. The first-order valence-electron chi connectivity index (χ1n) is 9.14. The number of allylic oxidation sites excluding steroid dienone is 3. The molecule has 22 heavy (non-hydrogen) atoms. The Morgan fingerprint density at radius 3 is 2.82 bits per heavy atom. The maximum Gasteiger partial charge on any atom is 0.179 e. The van der Waals surface area contributed by atoms with Gasteiger partial charge in [0, 0.05) is 13.4 Å². The lowest BCUT2D eigenvalue weighted by Crippen LogP contribution is -2.33. The topological polar surface area (TPSA) is 21.3 Å². The normalized spacial score (nSPS) is 25.1. The Morgan fingerprint density at radius 1 is 1.32 bits per heavy atom. The molecule has 0 aromatic rings. The van der Waals surface area contributed by atoms with E-state index in [2.05, 4.69) is 43.1 Å². The Morgan fingerprint density at radius 2 is 2.14 bits per heavy atom. The van der Waals surface area contributed by atoms with Crippen molar-refractivity contribution in [1.82, 2.24) is 5.32 Å². The molecule has 0 radical (unpaired) electrons. The van der Waals surface area contributed by atoms with Gasteiger partial charge in [-0.1, -0.05) is 69.8 Å². The molecule has 2 aliphatic carbocycles. The second-order valence-corrected chi connectivity index (χ2v) is 7.02. The van der Waals surface area contributed by atoms with Crippen LogP contribution < -0.4 is 5.32 Å². The monoisotopic (exact) mass is 305 g/mol. The number of hydrogen-bond donors (Lipinski definition) is 1. The predicted octanol–water partition coefficient (Wildman–Crippen LogP) is 5.58. The van der Waals surface area contributed by atoms with Gasteiger partial charge in [-0.15, -0.1) is 0 Å². The maximum absolute atomic E-state index is 5.81. The Hall–Kier alpha value is -1.18. The highest BCUT2D eigenvalue weighted by Gasteiger charge is 2.26. The first kappa shape index (κ1) is 17.2. The van der Waals surface area contributed by atoms with E-state index in [-0.39, 0.29) is 6.84 Å². The highest BCUT2D eigenvalue weighted by molar-refractivity contribution is 5.17. The van der Waals surface area contributed by atoms with Crippen molar-refractivity contribution < 1.29 is 6.16 Å². The summed E-state index contributed by atoms with van der Waals surface area (Å²) < 4.78 is 5.81. The summed E-state index contributed by atoms with van der Waals surface area (Å²) >= 11 is 0. The molecule has 1 fully saturated rings. The molecule has 0 spiro atoms. The van der Waals surface area contributed by atoms with Crippen molar-refractivity contribution in [3.63, 3.8) is 0 Å². The molecule has 1 atom stereocenters. The molecule has 0 bridgehead atoms. The van der Waals surface area contributed by atoms with Gasteiger partial charge in [0.15, 0.2) is 5.88 Å². The summed E-state index contributed by atoms with van der Waals surface area (Å²) in [4.78, 5) is 0. The van der Waals surface area contributed by atoms with Gasteiger partial charge in [0.05, 0.1) is 6.61 Å². The van der Waals surface area contributed by atoms with Gasteiger partial charge in [-0.3, -0.25) is 0 Å². The quantitative estimate of drug-likeness (QED) is 0.561. The van der Waals surface area contributed by atoms with Gasteiger partial charge >= 0.3 is 0 Å². The van der Waals surface area contributed by atoms with Crippen molar-refractivity contribution in [3.05, 3.63) is 36.8 Å². The Labute approximate surface area is 138 Å². The van der Waals surface area contributed by atoms with Gasteiger partial charge in [0.2, 0.25) is 0 Å². The van der Waals surface area contributed by atoms with E-state index >= 15 is 0 Å². The van der Waals surface area contributed by atoms with Crippen molar-refractivity contribution in [3.8, 4) is 0 Å². The largest absolute Gasteiger partial charge is 0.480 e. The van der Waals surface area contributed by atoms with Crippen LogP contribution in [0.4, 0.5) is 0 Å². The van der Waals surface area contributed by atoms with Crippen LogP contribution in [0.3, 0.4) is 0 Å². The summed E-state index contributed by atoms with van der Waals surface area (Å²) in [6.45, 7) is 8.02. The van der Waals surface area contributed by atoms with E-state index in [1.807, 2.05) is 0 Å². The van der Waals surface area contributed by atoms with E-state index in [9.17, 15) is 0 Å². The highest BCUT2D eigenvalue weighted by Crippen LogP contribution is 2.32. The van der Waals surface area contributed by atoms with Gasteiger partial charge in [-0.25, -0.2) is 0 Å². The third kappa shape index (κ3) is 5.55. The summed E-state index contributed by atoms with van der Waals surface area (Å²) in [5.41, 5.74) is 0.235. The molecule has 1 unspecified atom stereocenters. The second-order valence-electron chi connectivity index (χ2n) is 7.02. The molecule has 0 amide bonds. The van der Waals surface area contributed by atoms with Gasteiger partial charge in [-0.2, -0.15) is 0 Å². The van der Waals surface area contributed by atoms with E-state index in [4.69, 9.17) is 4.74 Å². The first-order valence-corrected chi connectivity index (χ1v) is 9.14. The molecule has 0 heterocycles. The van der Waals surface area contributed by atoms with Gasteiger partial charge < -0.3 is 10.1 Å². The lowest BCUT2D eigenvalue weighted by Gasteiger charge is -2.32. The van der Waals surface area contributed by atoms with Crippen LogP contribution >= 0.6 is 0 Å². The molecule has 2 rings (SSSR count). The van der Waals surface area contributed by atoms with E-state index in [0.29, 0.717) is 0 Å². The molecule has 126 valence electrons. The Kier molecular flexibility index (Phi) is 7.08. The van der Waals surface area contributed by atoms with Crippen LogP contribution in [0.2, 0.25) is 0 Å². The van der Waals surface area contributed by atoms with Crippen molar-refractivity contribution in [1.29, 1.82) is 0 Å². The Balaban J connectivity index is 0.00000264. The third-order valence-electron chi connectivity index (χ3n) is 5.13. The standard InChI is InChI=1S/C20H33NO.H2/c1-3-13-20(14-8-5-9-15-20)17-21-18(2)22-16-12-19-10-6-4-7-11-19;/h5,8-9,14,19,21H,2-4,6-7,10-13,15-17H2,1H3;1H. The molecule has 0 aromatic carbocycles. The summed E-state index contributed by atoms with van der Waals surface area (Å²) in [6, 6.07) is 0. The van der Waals surface area contributed by atoms with Crippen molar-refractivity contribution in [2.24, 2.45) is 11.3 Å². The molecular formula is C20H35NO. The van der Waals surface area contributed by atoms with E-state index < -0.39 is 0 Å². The lowest BCUT2D eigenvalue weighted by molar-refractivity contribution is 0.155. The van der Waals surface area contributed by atoms with Gasteiger partial charge in [-0.05, 0) is 31.8 Å². The lowest BCUT2D eigenvalue weighted by atomic mass is 9.78. The van der Waals surface area contributed by atoms with Gasteiger partial charge in [0.25, 0.3) is 0 Å². The molecule has 2 heteroatoms. The zero-order valence-electron chi connectivity index (χ0n) is 14.3. The summed E-state index contributed by atoms with van der Waals surface area (Å²) in [5.74, 6) is 1.62. The average molecular weight is 306 g/mol. The summed E-state index contributed by atoms with van der Waals surface area (Å²) in [7, 11) is 0. The zero-order valence-corrected chi connectivity index (χ0v) is 14.3. The van der Waals surface area contributed by atoms with Crippen LogP contribution in [0.15, 0.2) is 36.8 Å². The fourth-order valence-corrected chi connectivity index (χ4v) is 3.76. The molecule has 1 N–H and O–H groups in total. The fraction of sp³-hybridized carbons (Fsp3) is 0.700. The summed E-state index contributed by atoms with van der Waals surface area (Å²) in [5, 5.41) is 3.41. The van der Waals surface area contributed by atoms with E-state index in [0.717, 1.165) is 31.4 Å². The molecule has 0 aromatic heterocycles. The Bertz CT molecular complexity index is 398. The number of hydrogen-bond acceptors (Lipinski definition) is 2. The van der Waals surface area contributed by atoms with Gasteiger partial charge in [0.1, 0.15) is 0 Å². The molecule has 0 aliphatic heterocycles. The van der Waals surface area contributed by atoms with Crippen LogP contribution in [0.5, 0.6) is 0 Å². The molecular weight excluding hydrogens is 270 g/mol. The van der Waals surface area contributed by atoms with Crippen molar-refractivity contribution >= 4 is 0 Å². The summed E-state index contributed by atoms with van der Waals surface area (Å²) in [6.07, 6.45) is 20.6. The SMILES string of the molecule is C=C(NCC1(CCC)C=CC=CC1)OCCC1CCCCC1.[HH]. The van der Waals surface area contributed by atoms with E-state index in [1.54, 1.807) is 0 Å². The average Bonchev–Trinajstić information content (AvgIpc) is 2.55. The number of rotatable bonds is 9. The smallest absolute Gasteiger partial charge is 0.179 e. The van der Waals surface area contributed by atoms with E-state index in [1.165, 1.54) is 51.4 Å². The van der Waals surface area contributed by atoms with Crippen LogP contribution in [0.25, 0.3) is 0 Å². The first-order chi connectivity index (χ1) is 10.7. The number of nitrogens with one attached hydrogen (secondary N) is 1. The molecule has 2 nitrogen and oxygen atoms in total. The number of ether oxygens (including phenoxy) is 1. The van der Waals surface area contributed by atoms with Crippen LogP contribution in [-0.4, -0.2) is 13.2 Å². The zero-order chi connectivity index (χ0) is 15.7. The minimum Gasteiger partial charge on any atom is -0.480 e. The predicted molar refractivity (Wildman–Crippen MR) is 96.6 cm³/mol. The minimum absolute atomic E-state index is 0. The molecule has 1 saturated carbocycles. The fourth-order valence-electron chi connectivity index (χ4n) is 3.76.